The first kappa shape index (κ1) is 27.0. The third-order valence-corrected chi connectivity index (χ3v) is 5.54. The van der Waals surface area contributed by atoms with Crippen molar-refractivity contribution in [3.63, 3.8) is 0 Å². The lowest BCUT2D eigenvalue weighted by molar-refractivity contribution is -0.386. The molecule has 1 aromatic heterocycles. The molecule has 39 heavy (non-hydrogen) atoms. The van der Waals surface area contributed by atoms with Crippen LogP contribution in [-0.2, 0) is 15.7 Å². The Hall–Kier alpha value is -5.07. The number of para-hydroxylation sites is 1. The molecule has 0 spiro atoms. The maximum atomic E-state index is 13.4. The minimum Gasteiger partial charge on any atom is -0.472 e. The highest BCUT2D eigenvalue weighted by atomic mass is 19.4. The van der Waals surface area contributed by atoms with Gasteiger partial charge < -0.3 is 9.47 Å². The van der Waals surface area contributed by atoms with Crippen LogP contribution in [0.4, 0.5) is 18.9 Å². The lowest BCUT2D eigenvalue weighted by atomic mass is 10.1. The summed E-state index contributed by atoms with van der Waals surface area (Å²) in [5, 5.41) is 15.9. The maximum Gasteiger partial charge on any atom is 0.416 e. The summed E-state index contributed by atoms with van der Waals surface area (Å²) in [5.74, 6) is -1.10. The molecular weight excluding hydrogens is 521 g/mol. The molecule has 0 radical (unpaired) electrons. The van der Waals surface area contributed by atoms with Crippen LogP contribution in [0.2, 0.25) is 0 Å². The molecule has 0 amide bonds. The predicted molar refractivity (Wildman–Crippen MR) is 135 cm³/mol. The van der Waals surface area contributed by atoms with Crippen molar-refractivity contribution in [1.29, 1.82) is 0 Å². The zero-order chi connectivity index (χ0) is 28.3. The number of methoxy groups -OCH3 is 1. The van der Waals surface area contributed by atoms with Crippen molar-refractivity contribution in [3.05, 3.63) is 98.3 Å². The van der Waals surface area contributed by atoms with Crippen LogP contribution in [0.15, 0.2) is 76.6 Å². The smallest absolute Gasteiger partial charge is 0.416 e. The monoisotopic (exact) mass is 540 g/mol. The van der Waals surface area contributed by atoms with E-state index >= 15 is 0 Å². The average Bonchev–Trinajstić information content (AvgIpc) is 2.92. The number of nitro groups is 1. The Kier molecular flexibility index (Phi) is 7.42. The number of aromatic nitrogens is 2. The molecule has 0 saturated heterocycles. The lowest BCUT2D eigenvalue weighted by Crippen LogP contribution is -2.25. The van der Waals surface area contributed by atoms with Crippen molar-refractivity contribution in [1.82, 2.24) is 9.66 Å². The molecule has 200 valence electrons. The fourth-order valence-electron chi connectivity index (χ4n) is 3.64. The Balaban J connectivity index is 1.82. The first-order valence-corrected chi connectivity index (χ1v) is 11.3. The van der Waals surface area contributed by atoms with Gasteiger partial charge in [-0.05, 0) is 43.3 Å². The Morgan fingerprint density at radius 1 is 1.13 bits per heavy atom. The minimum atomic E-state index is -4.63. The first-order chi connectivity index (χ1) is 18.5. The van der Waals surface area contributed by atoms with Crippen molar-refractivity contribution in [2.45, 2.75) is 19.2 Å². The van der Waals surface area contributed by atoms with Crippen molar-refractivity contribution in [3.8, 4) is 17.1 Å². The quantitative estimate of drug-likeness (QED) is 0.142. The van der Waals surface area contributed by atoms with Gasteiger partial charge in [0, 0.05) is 17.2 Å². The van der Waals surface area contributed by atoms with Gasteiger partial charge in [0.1, 0.15) is 0 Å². The van der Waals surface area contributed by atoms with Gasteiger partial charge in [0.05, 0.1) is 34.7 Å². The van der Waals surface area contributed by atoms with Gasteiger partial charge in [-0.3, -0.25) is 14.9 Å². The van der Waals surface area contributed by atoms with Crippen LogP contribution >= 0.6 is 0 Å². The molecule has 0 unspecified atom stereocenters. The van der Waals surface area contributed by atoms with Gasteiger partial charge in [0.15, 0.2) is 17.7 Å². The fourth-order valence-corrected chi connectivity index (χ4v) is 3.64. The van der Waals surface area contributed by atoms with Gasteiger partial charge in [0.25, 0.3) is 5.56 Å². The zero-order valence-corrected chi connectivity index (χ0v) is 20.4. The fraction of sp³-hybridized carbons (Fsp3) is 0.154. The predicted octanol–water partition coefficient (Wildman–Crippen LogP) is 4.81. The summed E-state index contributed by atoms with van der Waals surface area (Å²) in [6.45, 7) is 1.36. The topological polar surface area (TPSA) is 126 Å². The number of hydrogen-bond acceptors (Lipinski definition) is 8. The summed E-state index contributed by atoms with van der Waals surface area (Å²) in [4.78, 5) is 40.2. The van der Waals surface area contributed by atoms with E-state index < -0.39 is 40.0 Å². The number of esters is 1. The van der Waals surface area contributed by atoms with Gasteiger partial charge in [-0.25, -0.2) is 9.78 Å². The summed E-state index contributed by atoms with van der Waals surface area (Å²) >= 11 is 0. The van der Waals surface area contributed by atoms with Gasteiger partial charge >= 0.3 is 17.8 Å². The van der Waals surface area contributed by atoms with E-state index in [-0.39, 0.29) is 33.6 Å². The number of carbonyl (C=O) groups is 1. The Morgan fingerprint density at radius 3 is 2.56 bits per heavy atom. The second-order valence-corrected chi connectivity index (χ2v) is 8.16. The molecule has 0 aliphatic heterocycles. The number of nitro benzene ring substituents is 1. The molecule has 0 aliphatic rings. The molecule has 1 atom stereocenters. The highest BCUT2D eigenvalue weighted by Crippen LogP contribution is 2.32. The van der Waals surface area contributed by atoms with E-state index in [1.165, 1.54) is 37.3 Å². The number of carbonyl (C=O) groups excluding carboxylic acids is 1. The lowest BCUT2D eigenvalue weighted by Gasteiger charge is -2.13. The van der Waals surface area contributed by atoms with Crippen LogP contribution < -0.4 is 10.3 Å². The van der Waals surface area contributed by atoms with Crippen LogP contribution in [0, 0.1) is 10.1 Å². The third-order valence-electron chi connectivity index (χ3n) is 5.54. The van der Waals surface area contributed by atoms with Crippen molar-refractivity contribution < 1.29 is 32.4 Å². The average molecular weight is 540 g/mol. The van der Waals surface area contributed by atoms with Crippen LogP contribution in [0.5, 0.6) is 5.75 Å². The highest BCUT2D eigenvalue weighted by molar-refractivity contribution is 5.83. The largest absolute Gasteiger partial charge is 0.472 e. The second kappa shape index (κ2) is 10.7. The van der Waals surface area contributed by atoms with E-state index in [0.29, 0.717) is 0 Å². The normalized spacial score (nSPS) is 12.4. The van der Waals surface area contributed by atoms with E-state index in [1.54, 1.807) is 18.2 Å². The number of alkyl halides is 3. The second-order valence-electron chi connectivity index (χ2n) is 8.16. The number of nitrogens with zero attached hydrogens (tertiary/aromatic N) is 4. The van der Waals surface area contributed by atoms with Crippen LogP contribution in [0.3, 0.4) is 0 Å². The molecule has 1 heterocycles. The third kappa shape index (κ3) is 5.76. The van der Waals surface area contributed by atoms with Crippen molar-refractivity contribution in [2.24, 2.45) is 5.10 Å². The summed E-state index contributed by atoms with van der Waals surface area (Å²) in [6.07, 6.45) is -4.63. The molecule has 4 rings (SSSR count). The molecule has 10 nitrogen and oxygen atoms in total. The molecular formula is C26H19F3N4O6. The first-order valence-electron chi connectivity index (χ1n) is 11.3. The minimum absolute atomic E-state index is 0.0173. The SMILES string of the molecule is COC(=O)[C@H](C)Oc1ccc(C=Nn2c(-c3cccc(C(F)(F)F)c3)nc3ccccc3c2=O)cc1[N+](=O)[O-]. The van der Waals surface area contributed by atoms with Crippen molar-refractivity contribution in [2.75, 3.05) is 7.11 Å². The van der Waals surface area contributed by atoms with E-state index in [2.05, 4.69) is 14.8 Å². The molecule has 0 fully saturated rings. The number of rotatable bonds is 7. The Morgan fingerprint density at radius 2 is 1.87 bits per heavy atom. The number of halogens is 3. The van der Waals surface area contributed by atoms with Crippen LogP contribution in [0.1, 0.15) is 18.1 Å². The molecule has 4 aromatic rings. The molecule has 3 aromatic carbocycles. The summed E-state index contributed by atoms with van der Waals surface area (Å²) in [7, 11) is 1.15. The molecule has 0 N–H and O–H groups in total. The number of hydrogen-bond donors (Lipinski definition) is 0. The molecule has 13 heteroatoms. The number of benzene rings is 3. The number of fused-ring (bicyclic) bond motifs is 1. The molecule has 0 aliphatic carbocycles. The van der Waals surface area contributed by atoms with Crippen LogP contribution in [0.25, 0.3) is 22.3 Å². The summed E-state index contributed by atoms with van der Waals surface area (Å²) < 4.78 is 50.8. The molecule has 0 bridgehead atoms. The highest BCUT2D eigenvalue weighted by Gasteiger charge is 2.31. The van der Waals surface area contributed by atoms with E-state index in [1.807, 2.05) is 0 Å². The van der Waals surface area contributed by atoms with E-state index in [0.717, 1.165) is 36.2 Å². The standard InChI is InChI=1S/C26H19F3N4O6/c1-15(25(35)38-2)39-22-11-10-16(12-21(22)33(36)37)14-30-32-23(17-6-5-7-18(13-17)26(27,28)29)31-20-9-4-3-8-19(20)24(32)34/h3-15H,1-2H3/t15-/m0/s1. The van der Waals surface area contributed by atoms with Gasteiger partial charge in [0.2, 0.25) is 0 Å². The summed E-state index contributed by atoms with van der Waals surface area (Å²) in [5.41, 5.74) is -1.70. The van der Waals surface area contributed by atoms with Gasteiger partial charge in [-0.1, -0.05) is 24.3 Å². The molecule has 0 saturated carbocycles. The van der Waals surface area contributed by atoms with E-state index in [9.17, 15) is 32.9 Å². The van der Waals surface area contributed by atoms with Gasteiger partial charge in [-0.2, -0.15) is 22.9 Å². The zero-order valence-electron chi connectivity index (χ0n) is 20.4. The maximum absolute atomic E-state index is 13.4. The summed E-state index contributed by atoms with van der Waals surface area (Å²) in [6, 6.07) is 14.3. The number of ether oxygens (including phenoxy) is 2. The van der Waals surface area contributed by atoms with Crippen molar-refractivity contribution >= 4 is 28.8 Å². The van der Waals surface area contributed by atoms with E-state index in [4.69, 9.17) is 4.74 Å². The van der Waals surface area contributed by atoms with Gasteiger partial charge in [-0.15, -0.1) is 0 Å². The Bertz CT molecular complexity index is 1670. The Labute approximate surface area is 218 Å². The van der Waals surface area contributed by atoms with Crippen LogP contribution in [-0.4, -0.2) is 40.0 Å².